The van der Waals surface area contributed by atoms with Gasteiger partial charge in [-0.3, -0.25) is 0 Å². The van der Waals surface area contributed by atoms with Gasteiger partial charge in [0.25, 0.3) is 0 Å². The molecule has 2 unspecified atom stereocenters. The molecule has 0 saturated heterocycles. The lowest BCUT2D eigenvalue weighted by Crippen LogP contribution is -2.28. The van der Waals surface area contributed by atoms with Gasteiger partial charge < -0.3 is 5.32 Å². The summed E-state index contributed by atoms with van der Waals surface area (Å²) < 4.78 is 0. The molecule has 0 spiro atoms. The molecule has 22 heavy (non-hydrogen) atoms. The highest BCUT2D eigenvalue weighted by Gasteiger charge is 2.28. The molecule has 3 atom stereocenters. The fourth-order valence-electron chi connectivity index (χ4n) is 3.51. The van der Waals surface area contributed by atoms with E-state index in [1.54, 1.807) is 0 Å². The number of rotatable bonds is 2. The molecule has 2 aliphatic rings. The minimum Gasteiger partial charge on any atom is -0.356 e. The Balaban J connectivity index is 1.99. The molecule has 0 heterocycles. The van der Waals surface area contributed by atoms with Gasteiger partial charge in [0.05, 0.1) is 0 Å². The van der Waals surface area contributed by atoms with Crippen LogP contribution in [0.15, 0.2) is 47.9 Å². The van der Waals surface area contributed by atoms with Crippen molar-refractivity contribution in [3.63, 3.8) is 0 Å². The maximum absolute atomic E-state index is 3.58. The quantitative estimate of drug-likeness (QED) is 0.676. The maximum Gasteiger partial charge on any atom is 0.0343 e. The van der Waals surface area contributed by atoms with Crippen molar-refractivity contribution >= 4 is 0 Å². The third-order valence-electron chi connectivity index (χ3n) is 4.99. The largest absolute Gasteiger partial charge is 0.356 e. The van der Waals surface area contributed by atoms with E-state index in [1.807, 2.05) is 0 Å². The lowest BCUT2D eigenvalue weighted by Gasteiger charge is -2.34. The van der Waals surface area contributed by atoms with Gasteiger partial charge in [0.15, 0.2) is 0 Å². The maximum atomic E-state index is 3.58. The first-order chi connectivity index (χ1) is 10.1. The van der Waals surface area contributed by atoms with Crippen LogP contribution in [0.5, 0.6) is 0 Å². The lowest BCUT2D eigenvalue weighted by molar-refractivity contribution is 0.243. The highest BCUT2D eigenvalue weighted by Crippen LogP contribution is 2.37. The molecule has 0 radical (unpaired) electrons. The molecule has 1 heteroatoms. The van der Waals surface area contributed by atoms with E-state index in [0.717, 1.165) is 6.42 Å². The molecular formula is C21H33N. The van der Waals surface area contributed by atoms with Crippen LogP contribution < -0.4 is 5.32 Å². The monoisotopic (exact) mass is 299 g/mol. The Morgan fingerprint density at radius 3 is 2.00 bits per heavy atom. The summed E-state index contributed by atoms with van der Waals surface area (Å²) in [6.45, 7) is 16.2. The summed E-state index contributed by atoms with van der Waals surface area (Å²) in [6.07, 6.45) is 15.1. The molecule has 0 amide bonds. The third kappa shape index (κ3) is 4.15. The zero-order valence-corrected chi connectivity index (χ0v) is 15.4. The summed E-state index contributed by atoms with van der Waals surface area (Å²) in [5, 5.41) is 3.58. The Bertz CT molecular complexity index is 517. The van der Waals surface area contributed by atoms with Gasteiger partial charge in [-0.15, -0.1) is 0 Å². The van der Waals surface area contributed by atoms with Crippen molar-refractivity contribution in [3.8, 4) is 0 Å². The van der Waals surface area contributed by atoms with Crippen molar-refractivity contribution in [2.24, 2.45) is 28.6 Å². The zero-order valence-electron chi connectivity index (χ0n) is 15.4. The van der Waals surface area contributed by atoms with Crippen LogP contribution in [0.25, 0.3) is 0 Å². The summed E-state index contributed by atoms with van der Waals surface area (Å²) in [5.41, 5.74) is 3.13. The van der Waals surface area contributed by atoms with Gasteiger partial charge >= 0.3 is 0 Å². The summed E-state index contributed by atoms with van der Waals surface area (Å²) in [4.78, 5) is 0. The van der Waals surface area contributed by atoms with E-state index in [9.17, 15) is 0 Å². The summed E-state index contributed by atoms with van der Waals surface area (Å²) >= 11 is 0. The van der Waals surface area contributed by atoms with Gasteiger partial charge in [-0.25, -0.2) is 0 Å². The zero-order chi connectivity index (χ0) is 16.5. The summed E-state index contributed by atoms with van der Waals surface area (Å²) in [6, 6.07) is 0. The van der Waals surface area contributed by atoms with Crippen molar-refractivity contribution in [2.45, 2.75) is 54.9 Å². The molecule has 0 bridgehead atoms. The fraction of sp³-hybridized carbons (Fsp3) is 0.619. The minimum atomic E-state index is 0.321. The summed E-state index contributed by atoms with van der Waals surface area (Å²) in [7, 11) is 0. The molecule has 0 aromatic heterocycles. The number of hydrogen-bond acceptors (Lipinski definition) is 1. The van der Waals surface area contributed by atoms with Crippen LogP contribution in [-0.2, 0) is 0 Å². The van der Waals surface area contributed by atoms with E-state index >= 15 is 0 Å². The second kappa shape index (κ2) is 6.10. The second-order valence-electron chi connectivity index (χ2n) is 9.08. The first-order valence-corrected chi connectivity index (χ1v) is 8.63. The molecule has 2 rings (SSSR count). The van der Waals surface area contributed by atoms with Crippen LogP contribution >= 0.6 is 0 Å². The first-order valence-electron chi connectivity index (χ1n) is 8.63. The minimum absolute atomic E-state index is 0.321. The van der Waals surface area contributed by atoms with Gasteiger partial charge in [-0.1, -0.05) is 72.8 Å². The molecule has 0 fully saturated rings. The molecule has 0 aromatic carbocycles. The van der Waals surface area contributed by atoms with Crippen LogP contribution in [0.2, 0.25) is 0 Å². The van der Waals surface area contributed by atoms with Crippen molar-refractivity contribution in [1.82, 2.24) is 5.32 Å². The van der Waals surface area contributed by atoms with Crippen LogP contribution in [0, 0.1) is 28.6 Å². The Morgan fingerprint density at radius 2 is 1.55 bits per heavy atom. The van der Waals surface area contributed by atoms with Crippen molar-refractivity contribution in [3.05, 3.63) is 47.9 Å². The molecule has 0 saturated carbocycles. The Labute approximate surface area is 137 Å². The van der Waals surface area contributed by atoms with E-state index in [2.05, 4.69) is 90.2 Å². The lowest BCUT2D eigenvalue weighted by atomic mass is 9.72. The number of allylic oxidation sites excluding steroid dienone is 6. The SMILES string of the molecule is C[C@@H]1C=C(NC2=CCC(C(C)(C)C)C=C2)C=CC1C(C)(C)C. The summed E-state index contributed by atoms with van der Waals surface area (Å²) in [5.74, 6) is 1.82. The highest BCUT2D eigenvalue weighted by atomic mass is 14.9. The standard InChI is InChI=1S/C21H33N/c1-15-14-18(12-13-19(15)21(5,6)7)22-17-10-8-16(9-11-17)20(2,3)4/h8,10-16,19,22H,9H2,1-7H3/t15-,16?,19?/m1/s1. The van der Waals surface area contributed by atoms with Crippen LogP contribution in [0.1, 0.15) is 54.9 Å². The average molecular weight is 300 g/mol. The van der Waals surface area contributed by atoms with Gasteiger partial charge in [0, 0.05) is 11.4 Å². The van der Waals surface area contributed by atoms with E-state index in [-0.39, 0.29) is 0 Å². The predicted molar refractivity (Wildman–Crippen MR) is 97.3 cm³/mol. The second-order valence-corrected chi connectivity index (χ2v) is 9.08. The Hall–Kier alpha value is -1.24. The van der Waals surface area contributed by atoms with E-state index in [0.29, 0.717) is 28.6 Å². The van der Waals surface area contributed by atoms with Crippen LogP contribution in [-0.4, -0.2) is 0 Å². The first kappa shape index (κ1) is 17.1. The molecule has 0 aliphatic heterocycles. The van der Waals surface area contributed by atoms with E-state index < -0.39 is 0 Å². The van der Waals surface area contributed by atoms with E-state index in [1.165, 1.54) is 11.4 Å². The molecule has 0 aromatic rings. The van der Waals surface area contributed by atoms with Gasteiger partial charge in [-0.05, 0) is 47.2 Å². The van der Waals surface area contributed by atoms with E-state index in [4.69, 9.17) is 0 Å². The van der Waals surface area contributed by atoms with Crippen LogP contribution in [0.3, 0.4) is 0 Å². The third-order valence-corrected chi connectivity index (χ3v) is 4.99. The van der Waals surface area contributed by atoms with Gasteiger partial charge in [0.2, 0.25) is 0 Å². The average Bonchev–Trinajstić information content (AvgIpc) is 2.36. The molecular weight excluding hydrogens is 266 g/mol. The number of hydrogen-bond donors (Lipinski definition) is 1. The normalized spacial score (nSPS) is 29.1. The topological polar surface area (TPSA) is 12.0 Å². The highest BCUT2D eigenvalue weighted by molar-refractivity contribution is 5.33. The fourth-order valence-corrected chi connectivity index (χ4v) is 3.51. The van der Waals surface area contributed by atoms with Crippen molar-refractivity contribution in [2.75, 3.05) is 0 Å². The predicted octanol–water partition coefficient (Wildman–Crippen LogP) is 5.83. The molecule has 1 nitrogen and oxygen atoms in total. The molecule has 122 valence electrons. The van der Waals surface area contributed by atoms with Gasteiger partial charge in [-0.2, -0.15) is 0 Å². The number of nitrogens with one attached hydrogen (secondary N) is 1. The van der Waals surface area contributed by atoms with Gasteiger partial charge in [0.1, 0.15) is 0 Å². The van der Waals surface area contributed by atoms with Crippen molar-refractivity contribution < 1.29 is 0 Å². The molecule has 1 N–H and O–H groups in total. The Morgan fingerprint density at radius 1 is 0.909 bits per heavy atom. The van der Waals surface area contributed by atoms with Crippen LogP contribution in [0.4, 0.5) is 0 Å². The Kier molecular flexibility index (Phi) is 4.75. The molecule has 2 aliphatic carbocycles. The van der Waals surface area contributed by atoms with Crippen molar-refractivity contribution in [1.29, 1.82) is 0 Å². The smallest absolute Gasteiger partial charge is 0.0343 e.